The number of hydrogen-bond acceptors (Lipinski definition) is 5. The Morgan fingerprint density at radius 2 is 1.73 bits per heavy atom. The first-order valence-corrected chi connectivity index (χ1v) is 9.23. The van der Waals surface area contributed by atoms with E-state index in [2.05, 4.69) is 15.5 Å². The number of halogens is 3. The highest BCUT2D eigenvalue weighted by atomic mass is 32.2. The second-order valence-corrected chi connectivity index (χ2v) is 7.30. The average Bonchev–Trinajstić information content (AvgIpc) is 2.87. The summed E-state index contributed by atoms with van der Waals surface area (Å²) in [5.41, 5.74) is -4.15. The molecule has 1 aromatic carbocycles. The van der Waals surface area contributed by atoms with Gasteiger partial charge in [0.1, 0.15) is 0 Å². The minimum Gasteiger partial charge on any atom is -0.408 e. The van der Waals surface area contributed by atoms with E-state index in [9.17, 15) is 18.0 Å². The fraction of sp³-hybridized carbons (Fsp3) is 0.471. The number of alkyl halides is 3. The topological polar surface area (TPSA) is 68.0 Å². The first-order valence-electron chi connectivity index (χ1n) is 8.41. The molecule has 1 saturated carbocycles. The Labute approximate surface area is 152 Å². The largest absolute Gasteiger partial charge is 0.446 e. The molecule has 26 heavy (non-hydrogen) atoms. The zero-order valence-corrected chi connectivity index (χ0v) is 14.7. The fourth-order valence-corrected chi connectivity index (χ4v) is 3.49. The molecule has 0 saturated heterocycles. The molecule has 0 bridgehead atoms. The van der Waals surface area contributed by atoms with Crippen molar-refractivity contribution in [1.29, 1.82) is 0 Å². The number of carbonyl (C=O) groups excluding carboxylic acids is 1. The molecule has 3 rings (SSSR count). The van der Waals surface area contributed by atoms with Crippen LogP contribution in [0, 0.1) is 0 Å². The molecule has 140 valence electrons. The van der Waals surface area contributed by atoms with Crippen molar-refractivity contribution in [2.24, 2.45) is 0 Å². The molecule has 0 unspecified atom stereocenters. The van der Waals surface area contributed by atoms with Gasteiger partial charge in [0.05, 0.1) is 0 Å². The maximum Gasteiger partial charge on any atom is 0.446 e. The van der Waals surface area contributed by atoms with Gasteiger partial charge in [-0.2, -0.15) is 13.2 Å². The summed E-state index contributed by atoms with van der Waals surface area (Å²) in [4.78, 5) is 12.2. The molecule has 0 aliphatic heterocycles. The number of nitrogens with one attached hydrogen (secondary N) is 1. The molecule has 9 heteroatoms. The van der Waals surface area contributed by atoms with Crippen molar-refractivity contribution >= 4 is 23.7 Å². The lowest BCUT2D eigenvalue weighted by molar-refractivity contribution is -0.0328. The van der Waals surface area contributed by atoms with Gasteiger partial charge in [0.25, 0.3) is 5.91 Å². The number of aromatic nitrogens is 2. The van der Waals surface area contributed by atoms with Crippen molar-refractivity contribution in [3.05, 3.63) is 35.7 Å². The molecular formula is C17H18F3N3O2S. The lowest BCUT2D eigenvalue weighted by Gasteiger charge is -2.08. The second-order valence-electron chi connectivity index (χ2n) is 6.16. The maximum atomic E-state index is 12.3. The van der Waals surface area contributed by atoms with Gasteiger partial charge in [0, 0.05) is 16.4 Å². The molecule has 5 nitrogen and oxygen atoms in total. The Hall–Kier alpha value is -2.03. The van der Waals surface area contributed by atoms with Crippen LogP contribution < -0.4 is 5.32 Å². The van der Waals surface area contributed by atoms with Crippen molar-refractivity contribution in [3.8, 4) is 0 Å². The lowest BCUT2D eigenvalue weighted by Crippen LogP contribution is -2.12. The summed E-state index contributed by atoms with van der Waals surface area (Å²) in [5, 5.41) is 10.4. The van der Waals surface area contributed by atoms with E-state index in [1.165, 1.54) is 37.1 Å². The van der Waals surface area contributed by atoms with E-state index in [1.807, 2.05) is 0 Å². The molecule has 0 atom stereocenters. The number of carbonyl (C=O) groups is 1. The van der Waals surface area contributed by atoms with E-state index in [-0.39, 0.29) is 34.2 Å². The number of hydrogen-bond donors (Lipinski definition) is 1. The molecule has 1 aromatic heterocycles. The fourth-order valence-electron chi connectivity index (χ4n) is 2.95. The Balaban J connectivity index is 1.61. The molecular weight excluding hydrogens is 367 g/mol. The molecule has 1 N–H and O–H groups in total. The number of thioether (sulfide) groups is 1. The van der Waals surface area contributed by atoms with Gasteiger partial charge in [-0.3, -0.25) is 10.1 Å². The predicted octanol–water partition coefficient (Wildman–Crippen LogP) is 5.37. The van der Waals surface area contributed by atoms with Crippen LogP contribution in [0.15, 0.2) is 33.6 Å². The van der Waals surface area contributed by atoms with Crippen LogP contribution in [0.1, 0.15) is 60.7 Å². The van der Waals surface area contributed by atoms with Crippen LogP contribution in [0.25, 0.3) is 0 Å². The summed E-state index contributed by atoms with van der Waals surface area (Å²) < 4.78 is 42.5. The molecule has 1 fully saturated rings. The molecule has 1 heterocycles. The van der Waals surface area contributed by atoms with Gasteiger partial charge in [-0.05, 0) is 48.9 Å². The summed E-state index contributed by atoms with van der Waals surface area (Å²) in [6, 6.07) is 5.15. The third-order valence-electron chi connectivity index (χ3n) is 4.22. The smallest absolute Gasteiger partial charge is 0.408 e. The van der Waals surface area contributed by atoms with E-state index in [0.717, 1.165) is 25.7 Å². The van der Waals surface area contributed by atoms with E-state index >= 15 is 0 Å². The predicted molar refractivity (Wildman–Crippen MR) is 91.0 cm³/mol. The number of amides is 1. The van der Waals surface area contributed by atoms with Gasteiger partial charge in [-0.15, -0.1) is 5.10 Å². The van der Waals surface area contributed by atoms with E-state index in [1.54, 1.807) is 0 Å². The second kappa shape index (κ2) is 8.11. The van der Waals surface area contributed by atoms with Gasteiger partial charge in [-0.1, -0.05) is 30.8 Å². The van der Waals surface area contributed by atoms with Crippen LogP contribution in [0.5, 0.6) is 0 Å². The van der Waals surface area contributed by atoms with Crippen LogP contribution >= 0.6 is 11.8 Å². The normalized spacial score (nSPS) is 16.3. The zero-order chi connectivity index (χ0) is 18.6. The van der Waals surface area contributed by atoms with Crippen molar-refractivity contribution in [1.82, 2.24) is 10.2 Å². The number of benzene rings is 1. The Morgan fingerprint density at radius 1 is 1.08 bits per heavy atom. The summed E-state index contributed by atoms with van der Waals surface area (Å²) in [5.74, 6) is 0.234. The Morgan fingerprint density at radius 3 is 2.35 bits per heavy atom. The molecule has 1 amide bonds. The van der Waals surface area contributed by atoms with Crippen LogP contribution in [-0.2, 0) is 0 Å². The summed E-state index contributed by atoms with van der Waals surface area (Å²) >= 11 is -0.227. The maximum absolute atomic E-state index is 12.3. The van der Waals surface area contributed by atoms with Crippen molar-refractivity contribution in [2.75, 3.05) is 5.32 Å². The summed E-state index contributed by atoms with van der Waals surface area (Å²) in [7, 11) is 0. The minimum atomic E-state index is -4.36. The van der Waals surface area contributed by atoms with Gasteiger partial charge < -0.3 is 4.42 Å². The van der Waals surface area contributed by atoms with Crippen LogP contribution in [-0.4, -0.2) is 21.6 Å². The van der Waals surface area contributed by atoms with Gasteiger partial charge in [0.15, 0.2) is 0 Å². The van der Waals surface area contributed by atoms with Gasteiger partial charge in [-0.25, -0.2) is 0 Å². The summed E-state index contributed by atoms with van der Waals surface area (Å²) in [6.07, 6.45) is 6.64. The third kappa shape index (κ3) is 5.23. The van der Waals surface area contributed by atoms with Crippen molar-refractivity contribution < 1.29 is 22.4 Å². The van der Waals surface area contributed by atoms with Crippen LogP contribution in [0.3, 0.4) is 0 Å². The monoisotopic (exact) mass is 385 g/mol. The van der Waals surface area contributed by atoms with Gasteiger partial charge in [0.2, 0.25) is 5.89 Å². The van der Waals surface area contributed by atoms with E-state index < -0.39 is 11.4 Å². The first kappa shape index (κ1) is 18.8. The summed E-state index contributed by atoms with van der Waals surface area (Å²) in [6.45, 7) is 0. The average molecular weight is 385 g/mol. The van der Waals surface area contributed by atoms with Crippen LogP contribution in [0.2, 0.25) is 0 Å². The molecule has 0 spiro atoms. The Kier molecular flexibility index (Phi) is 5.85. The molecule has 2 aromatic rings. The van der Waals surface area contributed by atoms with E-state index in [0.29, 0.717) is 5.89 Å². The molecule has 1 aliphatic carbocycles. The third-order valence-corrected chi connectivity index (χ3v) is 4.95. The molecule has 0 radical (unpaired) electrons. The number of rotatable bonds is 4. The first-order chi connectivity index (χ1) is 12.4. The quantitative estimate of drug-likeness (QED) is 0.566. The van der Waals surface area contributed by atoms with Crippen molar-refractivity contribution in [3.63, 3.8) is 0 Å². The highest BCUT2D eigenvalue weighted by molar-refractivity contribution is 8.00. The van der Waals surface area contributed by atoms with E-state index in [4.69, 9.17) is 4.42 Å². The standard InChI is InChI=1S/C17H18F3N3O2S/c18-17(19,20)26-13-9-7-11(8-10-13)14(24)21-16-23-22-15(25-16)12-5-3-1-2-4-6-12/h7-10,12H,1-6H2,(H,21,23,24). The lowest BCUT2D eigenvalue weighted by atomic mass is 10.0. The zero-order valence-electron chi connectivity index (χ0n) is 13.9. The highest BCUT2D eigenvalue weighted by Gasteiger charge is 2.29. The SMILES string of the molecule is O=C(Nc1nnc(C2CCCCCC2)o1)c1ccc(SC(F)(F)F)cc1. The number of nitrogens with zero attached hydrogens (tertiary/aromatic N) is 2. The number of anilines is 1. The minimum absolute atomic E-state index is 0.00277. The highest BCUT2D eigenvalue weighted by Crippen LogP contribution is 2.36. The molecule has 1 aliphatic rings. The Bertz CT molecular complexity index is 738. The van der Waals surface area contributed by atoms with Gasteiger partial charge >= 0.3 is 11.5 Å². The van der Waals surface area contributed by atoms with Crippen LogP contribution in [0.4, 0.5) is 19.2 Å². The van der Waals surface area contributed by atoms with Crippen molar-refractivity contribution in [2.45, 2.75) is 54.8 Å².